The summed E-state index contributed by atoms with van der Waals surface area (Å²) in [5.74, 6) is 0. The van der Waals surface area contributed by atoms with Gasteiger partial charge in [0, 0.05) is 9.37 Å². The zero-order chi connectivity index (χ0) is 15.5. The highest BCUT2D eigenvalue weighted by molar-refractivity contribution is 9.10. The summed E-state index contributed by atoms with van der Waals surface area (Å²) in [6.45, 7) is 0.659. The molecule has 3 aromatic rings. The molecule has 0 aliphatic heterocycles. The first-order chi connectivity index (χ1) is 10.6. The molecule has 1 unspecified atom stereocenters. The van der Waals surface area contributed by atoms with Crippen LogP contribution in [-0.2, 0) is 24.4 Å². The summed E-state index contributed by atoms with van der Waals surface area (Å²) in [4.78, 5) is 0.762. The van der Waals surface area contributed by atoms with Crippen molar-refractivity contribution in [2.75, 3.05) is 0 Å². The molecular weight excluding hydrogens is 362 g/mol. The van der Waals surface area contributed by atoms with Crippen molar-refractivity contribution in [3.63, 3.8) is 0 Å². The summed E-state index contributed by atoms with van der Waals surface area (Å²) in [7, 11) is 0.568. The largest absolute Gasteiger partial charge is 0.258 e. The zero-order valence-corrected chi connectivity index (χ0v) is 14.4. The van der Waals surface area contributed by atoms with E-state index in [-0.39, 0.29) is 0 Å². The maximum Gasteiger partial charge on any atom is 0.258 e. The van der Waals surface area contributed by atoms with Gasteiger partial charge in [-0.15, -0.1) is 9.36 Å². The molecule has 2 aromatic carbocycles. The summed E-state index contributed by atoms with van der Waals surface area (Å²) in [5.41, 5.74) is 1.16. The molecule has 0 aliphatic rings. The van der Waals surface area contributed by atoms with Crippen LogP contribution in [0.2, 0.25) is 0 Å². The van der Waals surface area contributed by atoms with Gasteiger partial charge in [0.1, 0.15) is 24.4 Å². The summed E-state index contributed by atoms with van der Waals surface area (Å²) in [6.07, 6.45) is 1.84. The topological polar surface area (TPSA) is 38.8 Å². The number of hydrogen-bond donors (Lipinski definition) is 0. The Hall–Kier alpha value is -1.79. The van der Waals surface area contributed by atoms with Gasteiger partial charge in [-0.25, -0.2) is 4.21 Å². The van der Waals surface area contributed by atoms with E-state index in [1.807, 2.05) is 67.8 Å². The number of halogens is 1. The van der Waals surface area contributed by atoms with Gasteiger partial charge in [0.15, 0.2) is 6.20 Å². The summed E-state index contributed by atoms with van der Waals surface area (Å²) in [5, 5.41) is 5.08. The van der Waals surface area contributed by atoms with E-state index in [1.54, 1.807) is 9.36 Å². The normalized spacial score (nSPS) is 12.3. The number of rotatable bonds is 4. The molecule has 0 radical (unpaired) electrons. The lowest BCUT2D eigenvalue weighted by molar-refractivity contribution is -0.747. The van der Waals surface area contributed by atoms with Crippen LogP contribution in [0.1, 0.15) is 5.56 Å². The Morgan fingerprint density at radius 3 is 2.50 bits per heavy atom. The first kappa shape index (κ1) is 15.1. The number of nitrogens with zero attached hydrogens (tertiary/aromatic N) is 3. The molecule has 0 amide bonds. The molecule has 3 rings (SSSR count). The van der Waals surface area contributed by atoms with E-state index < -0.39 is 10.8 Å². The van der Waals surface area contributed by atoms with Gasteiger partial charge in [0.05, 0.1) is 5.21 Å². The van der Waals surface area contributed by atoms with E-state index in [0.717, 1.165) is 14.9 Å². The third kappa shape index (κ3) is 3.34. The standard InChI is InChI=1S/C16H15BrN3OS/c1-19-16(22(21)15-9-7-14(17)8-10-15)12-20(18-19)11-13-5-3-2-4-6-13/h2-10,12H,11H2,1H3/q+1. The second kappa shape index (κ2) is 6.54. The van der Waals surface area contributed by atoms with Crippen LogP contribution in [0.5, 0.6) is 0 Å². The second-order valence-electron chi connectivity index (χ2n) is 4.89. The Labute approximate surface area is 140 Å². The van der Waals surface area contributed by atoms with Gasteiger partial charge in [-0.1, -0.05) is 46.3 Å². The molecule has 1 aromatic heterocycles. The number of aryl methyl sites for hydroxylation is 1. The average molecular weight is 377 g/mol. The van der Waals surface area contributed by atoms with Crippen molar-refractivity contribution < 1.29 is 8.89 Å². The Bertz CT molecular complexity index is 800. The van der Waals surface area contributed by atoms with Crippen molar-refractivity contribution in [1.29, 1.82) is 0 Å². The van der Waals surface area contributed by atoms with Gasteiger partial charge in [-0.05, 0) is 29.8 Å². The highest BCUT2D eigenvalue weighted by Crippen LogP contribution is 2.17. The fraction of sp³-hybridized carbons (Fsp3) is 0.125. The SMILES string of the molecule is Cn1n[n+](Cc2ccccc2)cc1S(=O)c1ccc(Br)cc1. The third-order valence-corrected chi connectivity index (χ3v) is 5.21. The van der Waals surface area contributed by atoms with Gasteiger partial charge < -0.3 is 0 Å². The van der Waals surface area contributed by atoms with Crippen molar-refractivity contribution in [2.45, 2.75) is 16.5 Å². The van der Waals surface area contributed by atoms with E-state index in [9.17, 15) is 4.21 Å². The Morgan fingerprint density at radius 1 is 1.14 bits per heavy atom. The summed E-state index contributed by atoms with van der Waals surface area (Å²) in [6, 6.07) is 17.6. The molecule has 112 valence electrons. The number of benzene rings is 2. The second-order valence-corrected chi connectivity index (χ2v) is 7.23. The lowest BCUT2D eigenvalue weighted by atomic mass is 10.2. The fourth-order valence-electron chi connectivity index (χ4n) is 2.15. The molecule has 1 atom stereocenters. The molecule has 1 heterocycles. The molecular formula is C16H15BrN3OS+. The van der Waals surface area contributed by atoms with Gasteiger partial charge >= 0.3 is 0 Å². The summed E-state index contributed by atoms with van der Waals surface area (Å²) < 4.78 is 17.1. The van der Waals surface area contributed by atoms with E-state index in [0.29, 0.717) is 11.6 Å². The Morgan fingerprint density at radius 2 is 1.82 bits per heavy atom. The van der Waals surface area contributed by atoms with E-state index in [4.69, 9.17) is 0 Å². The van der Waals surface area contributed by atoms with Crippen LogP contribution in [0.15, 0.2) is 75.2 Å². The fourth-order valence-corrected chi connectivity index (χ4v) is 3.53. The van der Waals surface area contributed by atoms with Gasteiger partial charge in [-0.2, -0.15) is 0 Å². The van der Waals surface area contributed by atoms with Crippen LogP contribution in [0.25, 0.3) is 0 Å². The molecule has 0 N–H and O–H groups in total. The van der Waals surface area contributed by atoms with Crippen molar-refractivity contribution in [3.05, 3.63) is 70.8 Å². The van der Waals surface area contributed by atoms with Crippen molar-refractivity contribution in [3.8, 4) is 0 Å². The predicted molar refractivity (Wildman–Crippen MR) is 87.8 cm³/mol. The minimum absolute atomic E-state index is 0.659. The number of aromatic nitrogens is 3. The molecule has 0 saturated heterocycles. The maximum atomic E-state index is 12.7. The van der Waals surface area contributed by atoms with Crippen LogP contribution < -0.4 is 4.68 Å². The molecule has 0 bridgehead atoms. The highest BCUT2D eigenvalue weighted by atomic mass is 79.9. The lowest BCUT2D eigenvalue weighted by Crippen LogP contribution is -2.36. The molecule has 0 spiro atoms. The smallest absolute Gasteiger partial charge is 0.245 e. The summed E-state index contributed by atoms with van der Waals surface area (Å²) >= 11 is 3.39. The van der Waals surface area contributed by atoms with Gasteiger partial charge in [0.2, 0.25) is 0 Å². The molecule has 0 fully saturated rings. The van der Waals surface area contributed by atoms with Crippen molar-refractivity contribution >= 4 is 26.7 Å². The van der Waals surface area contributed by atoms with Crippen molar-refractivity contribution in [2.24, 2.45) is 7.05 Å². The molecule has 22 heavy (non-hydrogen) atoms. The monoisotopic (exact) mass is 376 g/mol. The maximum absolute atomic E-state index is 12.7. The van der Waals surface area contributed by atoms with Crippen LogP contribution in [0.3, 0.4) is 0 Å². The van der Waals surface area contributed by atoms with Crippen LogP contribution in [0, 0.1) is 0 Å². The number of hydrogen-bond acceptors (Lipinski definition) is 2. The average Bonchev–Trinajstić information content (AvgIpc) is 2.89. The predicted octanol–water partition coefficient (Wildman–Crippen LogP) is 2.69. The van der Waals surface area contributed by atoms with E-state index in [1.165, 1.54) is 0 Å². The van der Waals surface area contributed by atoms with Crippen molar-refractivity contribution in [1.82, 2.24) is 9.90 Å². The van der Waals surface area contributed by atoms with E-state index in [2.05, 4.69) is 21.1 Å². The minimum atomic E-state index is -1.25. The minimum Gasteiger partial charge on any atom is -0.245 e. The van der Waals surface area contributed by atoms with Gasteiger partial charge in [-0.3, -0.25) is 0 Å². The first-order valence-corrected chi connectivity index (χ1v) is 8.73. The zero-order valence-electron chi connectivity index (χ0n) is 12.0. The van der Waals surface area contributed by atoms with E-state index >= 15 is 0 Å². The Kier molecular flexibility index (Phi) is 4.49. The van der Waals surface area contributed by atoms with Crippen LogP contribution in [-0.4, -0.2) is 14.1 Å². The third-order valence-electron chi connectivity index (χ3n) is 3.23. The lowest BCUT2D eigenvalue weighted by Gasteiger charge is -1.97. The highest BCUT2D eigenvalue weighted by Gasteiger charge is 2.20. The van der Waals surface area contributed by atoms with Crippen LogP contribution >= 0.6 is 15.9 Å². The molecule has 0 saturated carbocycles. The Balaban J connectivity index is 1.86. The quantitative estimate of drug-likeness (QED) is 0.656. The molecule has 6 heteroatoms. The molecule has 4 nitrogen and oxygen atoms in total. The van der Waals surface area contributed by atoms with Gasteiger partial charge in [0.25, 0.3) is 5.03 Å². The first-order valence-electron chi connectivity index (χ1n) is 6.78. The van der Waals surface area contributed by atoms with Crippen LogP contribution in [0.4, 0.5) is 0 Å². The molecule has 0 aliphatic carbocycles.